The zero-order chi connectivity index (χ0) is 9.68. The maximum Gasteiger partial charge on any atom is 0.106 e. The van der Waals surface area contributed by atoms with Gasteiger partial charge in [0.25, 0.3) is 0 Å². The molecule has 0 bridgehead atoms. The van der Waals surface area contributed by atoms with Gasteiger partial charge in [-0.05, 0) is 24.5 Å². The van der Waals surface area contributed by atoms with E-state index in [2.05, 4.69) is 36.0 Å². The summed E-state index contributed by atoms with van der Waals surface area (Å²) in [6, 6.07) is 4.23. The SMILES string of the molecule is CO/N=C/c1ccc(CC(C)C)s1. The van der Waals surface area contributed by atoms with E-state index in [1.165, 1.54) is 4.88 Å². The van der Waals surface area contributed by atoms with E-state index in [1.54, 1.807) is 24.7 Å². The summed E-state index contributed by atoms with van der Waals surface area (Å²) >= 11 is 1.77. The Bertz CT molecular complexity index is 278. The maximum atomic E-state index is 4.61. The zero-order valence-corrected chi connectivity index (χ0v) is 9.10. The maximum absolute atomic E-state index is 4.61. The minimum Gasteiger partial charge on any atom is -0.399 e. The van der Waals surface area contributed by atoms with Crippen LogP contribution in [-0.2, 0) is 11.3 Å². The van der Waals surface area contributed by atoms with Gasteiger partial charge in [0.15, 0.2) is 0 Å². The molecule has 1 aromatic rings. The van der Waals surface area contributed by atoms with Gasteiger partial charge in [0, 0.05) is 9.75 Å². The van der Waals surface area contributed by atoms with Crippen LogP contribution in [0.15, 0.2) is 17.3 Å². The molecule has 0 saturated carbocycles. The van der Waals surface area contributed by atoms with Crippen molar-refractivity contribution in [3.05, 3.63) is 21.9 Å². The lowest BCUT2D eigenvalue weighted by Crippen LogP contribution is -1.89. The third-order valence-electron chi connectivity index (χ3n) is 1.58. The summed E-state index contributed by atoms with van der Waals surface area (Å²) in [5, 5.41) is 3.72. The molecule has 0 unspecified atom stereocenters. The summed E-state index contributed by atoms with van der Waals surface area (Å²) in [7, 11) is 1.55. The highest BCUT2D eigenvalue weighted by atomic mass is 32.1. The second-order valence-electron chi connectivity index (χ2n) is 3.32. The van der Waals surface area contributed by atoms with Gasteiger partial charge in [-0.25, -0.2) is 0 Å². The summed E-state index contributed by atoms with van der Waals surface area (Å²) in [5.41, 5.74) is 0. The van der Waals surface area contributed by atoms with Crippen LogP contribution in [0.2, 0.25) is 0 Å². The van der Waals surface area contributed by atoms with E-state index >= 15 is 0 Å². The Balaban J connectivity index is 2.58. The second-order valence-corrected chi connectivity index (χ2v) is 4.52. The fraction of sp³-hybridized carbons (Fsp3) is 0.500. The van der Waals surface area contributed by atoms with Crippen molar-refractivity contribution in [1.29, 1.82) is 0 Å². The van der Waals surface area contributed by atoms with Crippen molar-refractivity contribution in [3.8, 4) is 0 Å². The normalized spacial score (nSPS) is 11.4. The quantitative estimate of drug-likeness (QED) is 0.537. The van der Waals surface area contributed by atoms with E-state index in [9.17, 15) is 0 Å². The number of hydrogen-bond donors (Lipinski definition) is 0. The van der Waals surface area contributed by atoms with Crippen LogP contribution in [0.4, 0.5) is 0 Å². The molecule has 3 heteroatoms. The van der Waals surface area contributed by atoms with Gasteiger partial charge in [-0.3, -0.25) is 0 Å². The van der Waals surface area contributed by atoms with Crippen molar-refractivity contribution >= 4 is 17.6 Å². The number of nitrogens with zero attached hydrogens (tertiary/aromatic N) is 1. The Hall–Kier alpha value is -0.830. The highest BCUT2D eigenvalue weighted by Crippen LogP contribution is 2.18. The third kappa shape index (κ3) is 3.59. The standard InChI is InChI=1S/C10H15NOS/c1-8(2)6-9-4-5-10(13-9)7-11-12-3/h4-5,7-8H,6H2,1-3H3/b11-7+. The highest BCUT2D eigenvalue weighted by Gasteiger charge is 2.00. The van der Waals surface area contributed by atoms with Crippen molar-refractivity contribution in [2.45, 2.75) is 20.3 Å². The minimum atomic E-state index is 0.714. The molecule has 72 valence electrons. The summed E-state index contributed by atoms with van der Waals surface area (Å²) in [4.78, 5) is 7.17. The molecule has 0 aliphatic heterocycles. The Kier molecular flexibility index (Phi) is 3.96. The first kappa shape index (κ1) is 10.3. The van der Waals surface area contributed by atoms with Gasteiger partial charge in [-0.2, -0.15) is 0 Å². The van der Waals surface area contributed by atoms with Crippen LogP contribution in [0.3, 0.4) is 0 Å². The van der Waals surface area contributed by atoms with Crippen molar-refractivity contribution < 1.29 is 4.84 Å². The van der Waals surface area contributed by atoms with Gasteiger partial charge >= 0.3 is 0 Å². The van der Waals surface area contributed by atoms with E-state index in [4.69, 9.17) is 0 Å². The Labute approximate surface area is 83.2 Å². The van der Waals surface area contributed by atoms with Crippen LogP contribution in [-0.4, -0.2) is 13.3 Å². The molecule has 0 aromatic carbocycles. The molecule has 0 fully saturated rings. The second kappa shape index (κ2) is 5.02. The first-order valence-corrected chi connectivity index (χ1v) is 5.19. The fourth-order valence-corrected chi connectivity index (χ4v) is 2.17. The average molecular weight is 197 g/mol. The highest BCUT2D eigenvalue weighted by molar-refractivity contribution is 7.13. The van der Waals surface area contributed by atoms with E-state index in [0.717, 1.165) is 11.3 Å². The Morgan fingerprint density at radius 3 is 2.92 bits per heavy atom. The topological polar surface area (TPSA) is 21.6 Å². The van der Waals surface area contributed by atoms with E-state index in [-0.39, 0.29) is 0 Å². The van der Waals surface area contributed by atoms with Gasteiger partial charge in [-0.1, -0.05) is 19.0 Å². The first-order chi connectivity index (χ1) is 6.22. The average Bonchev–Trinajstić information content (AvgIpc) is 2.48. The molecule has 0 amide bonds. The summed E-state index contributed by atoms with van der Waals surface area (Å²) in [6.45, 7) is 4.45. The molecule has 13 heavy (non-hydrogen) atoms. The predicted molar refractivity (Wildman–Crippen MR) is 57.5 cm³/mol. The van der Waals surface area contributed by atoms with Crippen LogP contribution in [0.5, 0.6) is 0 Å². The summed E-state index contributed by atoms with van der Waals surface area (Å²) in [6.07, 6.45) is 2.89. The van der Waals surface area contributed by atoms with Gasteiger partial charge in [0.1, 0.15) is 7.11 Å². The van der Waals surface area contributed by atoms with E-state index in [1.807, 2.05) is 0 Å². The molecule has 0 aliphatic carbocycles. The molecule has 1 aromatic heterocycles. The van der Waals surface area contributed by atoms with Crippen LogP contribution in [0, 0.1) is 5.92 Å². The zero-order valence-electron chi connectivity index (χ0n) is 8.28. The van der Waals surface area contributed by atoms with Gasteiger partial charge < -0.3 is 4.84 Å². The monoisotopic (exact) mass is 197 g/mol. The molecule has 0 N–H and O–H groups in total. The lowest BCUT2D eigenvalue weighted by molar-refractivity contribution is 0.215. The molecule has 1 heterocycles. The number of hydrogen-bond acceptors (Lipinski definition) is 3. The van der Waals surface area contributed by atoms with Crippen LogP contribution < -0.4 is 0 Å². The van der Waals surface area contributed by atoms with Crippen LogP contribution in [0.1, 0.15) is 23.6 Å². The van der Waals surface area contributed by atoms with Crippen molar-refractivity contribution in [2.75, 3.05) is 7.11 Å². The first-order valence-electron chi connectivity index (χ1n) is 4.37. The Morgan fingerprint density at radius 1 is 1.54 bits per heavy atom. The van der Waals surface area contributed by atoms with Gasteiger partial charge in [0.05, 0.1) is 6.21 Å². The molecular formula is C10H15NOS. The molecule has 0 spiro atoms. The molecular weight excluding hydrogens is 182 g/mol. The number of rotatable bonds is 4. The van der Waals surface area contributed by atoms with Crippen molar-refractivity contribution in [3.63, 3.8) is 0 Å². The molecule has 0 radical (unpaired) electrons. The number of thiophene rings is 1. The smallest absolute Gasteiger partial charge is 0.106 e. The largest absolute Gasteiger partial charge is 0.399 e. The summed E-state index contributed by atoms with van der Waals surface area (Å²) < 4.78 is 0. The molecule has 0 aliphatic rings. The van der Waals surface area contributed by atoms with Crippen molar-refractivity contribution in [2.24, 2.45) is 11.1 Å². The minimum absolute atomic E-state index is 0.714. The molecule has 0 atom stereocenters. The van der Waals surface area contributed by atoms with Crippen molar-refractivity contribution in [1.82, 2.24) is 0 Å². The third-order valence-corrected chi connectivity index (χ3v) is 2.62. The van der Waals surface area contributed by atoms with E-state index < -0.39 is 0 Å². The lowest BCUT2D eigenvalue weighted by atomic mass is 10.1. The van der Waals surface area contributed by atoms with Gasteiger partial charge in [-0.15, -0.1) is 11.3 Å². The van der Waals surface area contributed by atoms with Crippen LogP contribution >= 0.6 is 11.3 Å². The van der Waals surface area contributed by atoms with E-state index in [0.29, 0.717) is 5.92 Å². The molecule has 0 saturated heterocycles. The fourth-order valence-electron chi connectivity index (χ4n) is 1.08. The van der Waals surface area contributed by atoms with Gasteiger partial charge in [0.2, 0.25) is 0 Å². The molecule has 1 rings (SSSR count). The molecule has 2 nitrogen and oxygen atoms in total. The lowest BCUT2D eigenvalue weighted by Gasteiger charge is -1.98. The number of oxime groups is 1. The van der Waals surface area contributed by atoms with Crippen LogP contribution in [0.25, 0.3) is 0 Å². The predicted octanol–water partition coefficient (Wildman–Crippen LogP) is 2.93. The Morgan fingerprint density at radius 2 is 2.31 bits per heavy atom. The summed E-state index contributed by atoms with van der Waals surface area (Å²) in [5.74, 6) is 0.714.